The van der Waals surface area contributed by atoms with Gasteiger partial charge in [-0.1, -0.05) is 66.5 Å². The molecule has 12 heavy (non-hydrogen) atoms. The van der Waals surface area contributed by atoms with Gasteiger partial charge >= 0.3 is 0 Å². The van der Waals surface area contributed by atoms with Crippen molar-refractivity contribution in [2.75, 3.05) is 0 Å². The average Bonchev–Trinajstić information content (AvgIpc) is 2.95. The SMILES string of the molecule is C=C1CC1.CC.CC.CCCC. The van der Waals surface area contributed by atoms with Crippen molar-refractivity contribution in [3.8, 4) is 0 Å². The molecule has 0 nitrogen and oxygen atoms in total. The monoisotopic (exact) mass is 172 g/mol. The molecule has 0 radical (unpaired) electrons. The third-order valence-corrected chi connectivity index (χ3v) is 1.10. The zero-order chi connectivity index (χ0) is 10.4. The first kappa shape index (κ1) is 17.7. The highest BCUT2D eigenvalue weighted by Gasteiger charge is 2.04. The largest absolute Gasteiger partial charge is 0.0998 e. The maximum atomic E-state index is 3.67. The van der Waals surface area contributed by atoms with Gasteiger partial charge in [-0.25, -0.2) is 0 Å². The first-order valence-electron chi connectivity index (χ1n) is 5.47. The van der Waals surface area contributed by atoms with Gasteiger partial charge in [-0.15, -0.1) is 0 Å². The summed E-state index contributed by atoms with van der Waals surface area (Å²) < 4.78 is 0. The molecule has 1 saturated carbocycles. The van der Waals surface area contributed by atoms with Crippen LogP contribution >= 0.6 is 0 Å². The lowest BCUT2D eigenvalue weighted by molar-refractivity contribution is 0.886. The van der Waals surface area contributed by atoms with Crippen LogP contribution in [0.2, 0.25) is 0 Å². The molecule has 1 aliphatic carbocycles. The Balaban J connectivity index is -0.0000000967. The van der Waals surface area contributed by atoms with Gasteiger partial charge in [0.2, 0.25) is 0 Å². The van der Waals surface area contributed by atoms with E-state index in [-0.39, 0.29) is 0 Å². The van der Waals surface area contributed by atoms with Crippen molar-refractivity contribution in [1.82, 2.24) is 0 Å². The summed E-state index contributed by atoms with van der Waals surface area (Å²) in [7, 11) is 0. The molecule has 0 aromatic rings. The summed E-state index contributed by atoms with van der Waals surface area (Å²) in [6.07, 6.45) is 5.22. The molecule has 0 heterocycles. The van der Waals surface area contributed by atoms with Gasteiger partial charge in [0.25, 0.3) is 0 Å². The minimum atomic E-state index is 1.29. The van der Waals surface area contributed by atoms with Crippen LogP contribution in [0, 0.1) is 0 Å². The van der Waals surface area contributed by atoms with Crippen LogP contribution in [0.25, 0.3) is 0 Å². The van der Waals surface area contributed by atoms with Crippen LogP contribution in [-0.2, 0) is 0 Å². The molecule has 0 spiro atoms. The maximum absolute atomic E-state index is 3.67. The predicted molar refractivity (Wildman–Crippen MR) is 61.7 cm³/mol. The Morgan fingerprint density at radius 2 is 1.08 bits per heavy atom. The molecule has 0 aromatic heterocycles. The summed E-state index contributed by atoms with van der Waals surface area (Å²) in [6.45, 7) is 16.0. The topological polar surface area (TPSA) is 0 Å². The molecule has 0 aromatic carbocycles. The molecule has 1 fully saturated rings. The van der Waals surface area contributed by atoms with Crippen LogP contribution in [0.4, 0.5) is 0 Å². The first-order valence-corrected chi connectivity index (χ1v) is 5.47. The summed E-state index contributed by atoms with van der Waals surface area (Å²) in [5.74, 6) is 0. The van der Waals surface area contributed by atoms with Crippen LogP contribution in [0.5, 0.6) is 0 Å². The third-order valence-electron chi connectivity index (χ3n) is 1.10. The van der Waals surface area contributed by atoms with E-state index in [0.717, 1.165) is 0 Å². The van der Waals surface area contributed by atoms with Crippen LogP contribution in [0.15, 0.2) is 12.2 Å². The van der Waals surface area contributed by atoms with Crippen molar-refractivity contribution in [2.24, 2.45) is 0 Å². The molecule has 0 bridgehead atoms. The van der Waals surface area contributed by atoms with E-state index in [2.05, 4.69) is 20.4 Å². The van der Waals surface area contributed by atoms with Crippen molar-refractivity contribution < 1.29 is 0 Å². The predicted octanol–water partition coefficient (Wildman–Crippen LogP) is 5.20. The molecule has 1 rings (SSSR count). The molecular formula is C12H28. The molecule has 1 aliphatic rings. The highest BCUT2D eigenvalue weighted by Crippen LogP contribution is 2.23. The fraction of sp³-hybridized carbons (Fsp3) is 0.833. The smallest absolute Gasteiger partial charge is 0.0286 e. The number of hydrogen-bond acceptors (Lipinski definition) is 0. The fourth-order valence-corrected chi connectivity index (χ4v) is 0.0884. The van der Waals surface area contributed by atoms with E-state index in [0.29, 0.717) is 0 Å². The van der Waals surface area contributed by atoms with Gasteiger partial charge in [0.1, 0.15) is 0 Å². The molecule has 0 atom stereocenters. The molecule has 0 heteroatoms. The van der Waals surface area contributed by atoms with E-state index >= 15 is 0 Å². The summed E-state index contributed by atoms with van der Waals surface area (Å²) in [6, 6.07) is 0. The van der Waals surface area contributed by atoms with E-state index in [4.69, 9.17) is 0 Å². The van der Waals surface area contributed by atoms with Crippen molar-refractivity contribution >= 4 is 0 Å². The summed E-state index contributed by atoms with van der Waals surface area (Å²) in [5, 5.41) is 0. The van der Waals surface area contributed by atoms with E-state index < -0.39 is 0 Å². The van der Waals surface area contributed by atoms with Crippen molar-refractivity contribution in [1.29, 1.82) is 0 Å². The number of rotatable bonds is 1. The zero-order valence-corrected chi connectivity index (χ0v) is 10.0. The molecule has 0 saturated heterocycles. The molecular weight excluding hydrogens is 144 g/mol. The van der Waals surface area contributed by atoms with E-state index in [1.807, 2.05) is 27.7 Å². The Morgan fingerprint density at radius 3 is 1.08 bits per heavy atom. The van der Waals surface area contributed by atoms with Gasteiger partial charge in [0, 0.05) is 0 Å². The molecule has 0 amide bonds. The second-order valence-corrected chi connectivity index (χ2v) is 2.25. The van der Waals surface area contributed by atoms with Crippen LogP contribution in [0.1, 0.15) is 67.2 Å². The fourth-order valence-electron chi connectivity index (χ4n) is 0.0884. The minimum Gasteiger partial charge on any atom is -0.0998 e. The molecule has 0 unspecified atom stereocenters. The van der Waals surface area contributed by atoms with Crippen LogP contribution < -0.4 is 0 Å². The highest BCUT2D eigenvalue weighted by atomic mass is 14.1. The lowest BCUT2D eigenvalue weighted by atomic mass is 10.4. The lowest BCUT2D eigenvalue weighted by Gasteiger charge is -1.68. The van der Waals surface area contributed by atoms with Gasteiger partial charge in [0.05, 0.1) is 0 Å². The molecule has 0 aliphatic heterocycles. The Kier molecular flexibility index (Phi) is 33.1. The van der Waals surface area contributed by atoms with Gasteiger partial charge in [0.15, 0.2) is 0 Å². The van der Waals surface area contributed by atoms with Crippen molar-refractivity contribution in [3.05, 3.63) is 12.2 Å². The Labute approximate surface area is 80.1 Å². The Morgan fingerprint density at radius 1 is 0.917 bits per heavy atom. The normalized spacial score (nSPS) is 10.7. The van der Waals surface area contributed by atoms with Gasteiger partial charge in [-0.2, -0.15) is 0 Å². The Hall–Kier alpha value is -0.260. The second kappa shape index (κ2) is 22.4. The summed E-state index contributed by atoms with van der Waals surface area (Å²) in [4.78, 5) is 0. The maximum Gasteiger partial charge on any atom is -0.0286 e. The number of unbranched alkanes of at least 4 members (excludes halogenated alkanes) is 1. The van der Waals surface area contributed by atoms with Crippen LogP contribution in [0.3, 0.4) is 0 Å². The third kappa shape index (κ3) is 53.2. The van der Waals surface area contributed by atoms with Gasteiger partial charge < -0.3 is 0 Å². The number of hydrogen-bond donors (Lipinski definition) is 0. The van der Waals surface area contributed by atoms with E-state index in [1.165, 1.54) is 31.3 Å². The minimum absolute atomic E-state index is 1.29. The zero-order valence-electron chi connectivity index (χ0n) is 10.0. The molecule has 76 valence electrons. The van der Waals surface area contributed by atoms with Crippen LogP contribution in [-0.4, -0.2) is 0 Å². The highest BCUT2D eigenvalue weighted by molar-refractivity contribution is 5.09. The molecule has 0 N–H and O–H groups in total. The summed E-state index contributed by atoms with van der Waals surface area (Å²) >= 11 is 0. The van der Waals surface area contributed by atoms with Gasteiger partial charge in [-0.3, -0.25) is 0 Å². The van der Waals surface area contributed by atoms with Crippen molar-refractivity contribution in [3.63, 3.8) is 0 Å². The van der Waals surface area contributed by atoms with E-state index in [1.54, 1.807) is 0 Å². The second-order valence-electron chi connectivity index (χ2n) is 2.25. The standard InChI is InChI=1S/C4H6.C4H10.2C2H6/c1-4-2-3-4;1-3-4-2;2*1-2/h1-3H2;3-4H2,1-2H3;2*1-2H3. The lowest BCUT2D eigenvalue weighted by Crippen LogP contribution is -1.47. The quantitative estimate of drug-likeness (QED) is 0.477. The number of allylic oxidation sites excluding steroid dienone is 1. The average molecular weight is 172 g/mol. The van der Waals surface area contributed by atoms with E-state index in [9.17, 15) is 0 Å². The Bertz CT molecular complexity index is 54.4. The van der Waals surface area contributed by atoms with Gasteiger partial charge in [-0.05, 0) is 12.8 Å². The summed E-state index contributed by atoms with van der Waals surface area (Å²) in [5.41, 5.74) is 1.42. The first-order chi connectivity index (χ1) is 5.81. The van der Waals surface area contributed by atoms with Crippen molar-refractivity contribution in [2.45, 2.75) is 67.2 Å².